The Kier molecular flexibility index (Phi) is 6.34. The Balaban J connectivity index is 4.34. The number of likely N-dealkylation sites (N-methyl/N-ethyl adjacent to an activating group) is 1. The van der Waals surface area contributed by atoms with Crippen LogP contribution in [0.15, 0.2) is 12.2 Å². The molecule has 0 aromatic carbocycles. The summed E-state index contributed by atoms with van der Waals surface area (Å²) in [5.74, 6) is 0. The fourth-order valence-corrected chi connectivity index (χ4v) is 5.63. The van der Waals surface area contributed by atoms with Gasteiger partial charge in [-0.25, -0.2) is 0 Å². The molecule has 2 heteroatoms. The van der Waals surface area contributed by atoms with Gasteiger partial charge in [-0.15, -0.1) is 0 Å². The molecular weight excluding hydrogens is 174 g/mol. The predicted molar refractivity (Wildman–Crippen MR) is 64.6 cm³/mol. The lowest BCUT2D eigenvalue weighted by molar-refractivity contribution is 0.548. The van der Waals surface area contributed by atoms with Crippen LogP contribution in [0, 0.1) is 0 Å². The normalized spacial score (nSPS) is 13.1. The summed E-state index contributed by atoms with van der Waals surface area (Å²) in [7, 11) is 1.22. The monoisotopic (exact) mass is 199 g/mol. The second-order valence-electron chi connectivity index (χ2n) is 3.73. The molecule has 0 aliphatic heterocycles. The van der Waals surface area contributed by atoms with Crippen molar-refractivity contribution in [3.63, 3.8) is 0 Å². The molecule has 13 heavy (non-hydrogen) atoms. The summed E-state index contributed by atoms with van der Waals surface area (Å²) in [5.41, 5.74) is 0. The van der Waals surface area contributed by atoms with Crippen molar-refractivity contribution in [1.29, 1.82) is 0 Å². The molecular formula is C11H25NSi. The van der Waals surface area contributed by atoms with Gasteiger partial charge >= 0.3 is 0 Å². The minimum Gasteiger partial charge on any atom is -0.323 e. The second kappa shape index (κ2) is 6.38. The molecule has 0 saturated heterocycles. The molecule has 0 aromatic heterocycles. The van der Waals surface area contributed by atoms with Gasteiger partial charge < -0.3 is 4.57 Å². The van der Waals surface area contributed by atoms with Crippen LogP contribution in [-0.4, -0.2) is 26.4 Å². The average Bonchev–Trinajstić information content (AvgIpc) is 2.18. The molecule has 0 aliphatic carbocycles. The van der Waals surface area contributed by atoms with Gasteiger partial charge in [-0.3, -0.25) is 0 Å². The molecule has 0 atom stereocenters. The first kappa shape index (κ1) is 12.9. The molecule has 0 bridgehead atoms. The van der Waals surface area contributed by atoms with E-state index in [0.29, 0.717) is 0 Å². The topological polar surface area (TPSA) is 3.24 Å². The van der Waals surface area contributed by atoms with E-state index in [4.69, 9.17) is 0 Å². The molecule has 1 nitrogen and oxygen atoms in total. The first-order valence-corrected chi connectivity index (χ1v) is 8.06. The van der Waals surface area contributed by atoms with Gasteiger partial charge in [0.2, 0.25) is 0 Å². The van der Waals surface area contributed by atoms with E-state index in [9.17, 15) is 0 Å². The lowest BCUT2D eigenvalue weighted by Crippen LogP contribution is -2.49. The van der Waals surface area contributed by atoms with Gasteiger partial charge in [-0.1, -0.05) is 32.9 Å². The third kappa shape index (κ3) is 3.28. The number of allylic oxidation sites excluding steroid dienone is 1. The van der Waals surface area contributed by atoms with E-state index in [0.717, 1.165) is 6.54 Å². The molecule has 0 heterocycles. The summed E-state index contributed by atoms with van der Waals surface area (Å²) in [6.45, 7) is 10.3. The van der Waals surface area contributed by atoms with Crippen molar-refractivity contribution in [1.82, 2.24) is 4.57 Å². The Morgan fingerprint density at radius 1 is 1.08 bits per heavy atom. The zero-order chi connectivity index (χ0) is 10.3. The van der Waals surface area contributed by atoms with Gasteiger partial charge in [-0.05, 0) is 32.1 Å². The highest BCUT2D eigenvalue weighted by molar-refractivity contribution is 6.76. The van der Waals surface area contributed by atoms with E-state index in [2.05, 4.69) is 51.5 Å². The summed E-state index contributed by atoms with van der Waals surface area (Å²) >= 11 is 0. The molecule has 0 amide bonds. The Labute approximate surface area is 84.9 Å². The third-order valence-electron chi connectivity index (χ3n) is 3.40. The van der Waals surface area contributed by atoms with Crippen LogP contribution in [0.2, 0.25) is 18.1 Å². The Morgan fingerprint density at radius 3 is 1.85 bits per heavy atom. The van der Waals surface area contributed by atoms with Crippen molar-refractivity contribution in [2.75, 3.05) is 13.6 Å². The van der Waals surface area contributed by atoms with E-state index < -0.39 is 8.24 Å². The Bertz CT molecular complexity index is 142. The quantitative estimate of drug-likeness (QED) is 0.467. The maximum absolute atomic E-state index is 2.62. The number of nitrogens with zero attached hydrogens (tertiary/aromatic N) is 1. The summed E-state index contributed by atoms with van der Waals surface area (Å²) < 4.78 is 2.62. The van der Waals surface area contributed by atoms with E-state index in [-0.39, 0.29) is 0 Å². The number of hydrogen-bond acceptors (Lipinski definition) is 1. The Morgan fingerprint density at radius 2 is 1.54 bits per heavy atom. The highest BCUT2D eigenvalue weighted by atomic mass is 28.3. The number of rotatable bonds is 6. The second-order valence-corrected chi connectivity index (χ2v) is 9.07. The fraction of sp³-hybridized carbons (Fsp3) is 0.818. The number of hydrogen-bond donors (Lipinski definition) is 0. The van der Waals surface area contributed by atoms with Gasteiger partial charge in [0.25, 0.3) is 0 Å². The van der Waals surface area contributed by atoms with Crippen molar-refractivity contribution in [3.8, 4) is 0 Å². The highest BCUT2D eigenvalue weighted by Crippen LogP contribution is 2.23. The largest absolute Gasteiger partial charge is 0.323 e. The molecule has 0 rings (SSSR count). The summed E-state index contributed by atoms with van der Waals surface area (Å²) in [6.07, 6.45) is 4.42. The molecule has 0 aliphatic rings. The molecule has 0 radical (unpaired) electrons. The summed E-state index contributed by atoms with van der Waals surface area (Å²) in [4.78, 5) is 0. The maximum Gasteiger partial charge on any atom is 0.127 e. The van der Waals surface area contributed by atoms with E-state index >= 15 is 0 Å². The van der Waals surface area contributed by atoms with Crippen LogP contribution in [0.25, 0.3) is 0 Å². The van der Waals surface area contributed by atoms with Gasteiger partial charge in [0.1, 0.15) is 8.24 Å². The van der Waals surface area contributed by atoms with Crippen LogP contribution in [0.3, 0.4) is 0 Å². The smallest absolute Gasteiger partial charge is 0.127 e. The van der Waals surface area contributed by atoms with Gasteiger partial charge in [0.15, 0.2) is 0 Å². The maximum atomic E-state index is 2.62. The minimum atomic E-state index is -1.08. The van der Waals surface area contributed by atoms with Crippen LogP contribution >= 0.6 is 0 Å². The van der Waals surface area contributed by atoms with Crippen LogP contribution in [0.5, 0.6) is 0 Å². The lowest BCUT2D eigenvalue weighted by atomic mass is 10.5. The van der Waals surface area contributed by atoms with Crippen LogP contribution in [-0.2, 0) is 0 Å². The lowest BCUT2D eigenvalue weighted by Gasteiger charge is -2.37. The van der Waals surface area contributed by atoms with Crippen molar-refractivity contribution in [2.45, 2.75) is 45.8 Å². The molecule has 0 N–H and O–H groups in total. The minimum absolute atomic E-state index is 1.08. The van der Waals surface area contributed by atoms with Crippen molar-refractivity contribution < 1.29 is 0 Å². The van der Waals surface area contributed by atoms with Gasteiger partial charge in [0.05, 0.1) is 0 Å². The van der Waals surface area contributed by atoms with Crippen LogP contribution in [0.4, 0.5) is 0 Å². The Hall–Kier alpha value is -0.0831. The molecule has 0 unspecified atom stereocenters. The molecule has 0 spiro atoms. The fourth-order valence-electron chi connectivity index (χ4n) is 2.02. The standard InChI is InChI=1S/C11H25NSi/c1-6-10-11-12(5)13(7-2,8-3)9-4/h6,10H,7-9,11H2,1-5H3. The molecule has 0 saturated carbocycles. The molecule has 0 aromatic rings. The van der Waals surface area contributed by atoms with Crippen molar-refractivity contribution in [2.24, 2.45) is 0 Å². The first-order chi connectivity index (χ1) is 6.16. The van der Waals surface area contributed by atoms with Gasteiger partial charge in [-0.2, -0.15) is 0 Å². The zero-order valence-corrected chi connectivity index (χ0v) is 10.9. The molecule has 78 valence electrons. The zero-order valence-electron chi connectivity index (χ0n) is 9.93. The van der Waals surface area contributed by atoms with Crippen molar-refractivity contribution in [3.05, 3.63) is 12.2 Å². The average molecular weight is 199 g/mol. The van der Waals surface area contributed by atoms with E-state index in [1.165, 1.54) is 18.1 Å². The van der Waals surface area contributed by atoms with Crippen molar-refractivity contribution >= 4 is 8.24 Å². The summed E-state index contributed by atoms with van der Waals surface area (Å²) in [6, 6.07) is 4.15. The highest BCUT2D eigenvalue weighted by Gasteiger charge is 2.30. The third-order valence-corrected chi connectivity index (χ3v) is 9.15. The SMILES string of the molecule is CC=CCN(C)[Si](CC)(CC)CC. The predicted octanol–water partition coefficient (Wildman–Crippen LogP) is 3.50. The first-order valence-electron chi connectivity index (χ1n) is 5.49. The molecule has 0 fully saturated rings. The van der Waals surface area contributed by atoms with Crippen LogP contribution in [0.1, 0.15) is 27.7 Å². The van der Waals surface area contributed by atoms with E-state index in [1.807, 2.05) is 0 Å². The van der Waals surface area contributed by atoms with Gasteiger partial charge in [0, 0.05) is 6.54 Å². The summed E-state index contributed by atoms with van der Waals surface area (Å²) in [5, 5.41) is 0. The van der Waals surface area contributed by atoms with Crippen LogP contribution < -0.4 is 0 Å². The van der Waals surface area contributed by atoms with E-state index in [1.54, 1.807) is 0 Å².